The Kier molecular flexibility index (Phi) is 4.78. The first-order valence-corrected chi connectivity index (χ1v) is 5.13. The van der Waals surface area contributed by atoms with Crippen LogP contribution in [-0.4, -0.2) is 51.0 Å². The number of nitrogens with one attached hydrogen (secondary N) is 2. The molecule has 0 aromatic carbocycles. The van der Waals surface area contributed by atoms with E-state index >= 15 is 0 Å². The maximum Gasteiger partial charge on any atom is 0.358 e. The van der Waals surface area contributed by atoms with Gasteiger partial charge in [-0.15, -0.1) is 5.10 Å². The van der Waals surface area contributed by atoms with E-state index in [0.29, 0.717) is 6.54 Å². The number of rotatable bonds is 6. The van der Waals surface area contributed by atoms with Crippen LogP contribution in [0.2, 0.25) is 0 Å². The van der Waals surface area contributed by atoms with Crippen molar-refractivity contribution in [2.75, 3.05) is 13.1 Å². The fraction of sp³-hybridized carbons (Fsp3) is 0.444. The van der Waals surface area contributed by atoms with Gasteiger partial charge in [0.15, 0.2) is 5.69 Å². The van der Waals surface area contributed by atoms with E-state index < -0.39 is 5.97 Å². The Labute approximate surface area is 102 Å². The molecule has 1 aromatic rings. The van der Waals surface area contributed by atoms with Crippen LogP contribution >= 0.6 is 0 Å². The molecule has 98 valence electrons. The second-order valence-corrected chi connectivity index (χ2v) is 3.43. The average Bonchev–Trinajstić information content (AvgIpc) is 2.75. The Morgan fingerprint density at radius 2 is 2.11 bits per heavy atom. The molecule has 0 atom stereocenters. The molecular weight excluding hydrogens is 242 g/mol. The second kappa shape index (κ2) is 6.33. The summed E-state index contributed by atoms with van der Waals surface area (Å²) in [6, 6.07) is 0. The second-order valence-electron chi connectivity index (χ2n) is 3.43. The largest absolute Gasteiger partial charge is 0.476 e. The van der Waals surface area contributed by atoms with Crippen molar-refractivity contribution < 1.29 is 19.5 Å². The van der Waals surface area contributed by atoms with Crippen molar-refractivity contribution in [3.63, 3.8) is 0 Å². The molecule has 0 unspecified atom stereocenters. The highest BCUT2D eigenvalue weighted by atomic mass is 16.4. The van der Waals surface area contributed by atoms with Gasteiger partial charge in [-0.2, -0.15) is 0 Å². The number of nitrogens with zero attached hydrogens (tertiary/aromatic N) is 3. The molecule has 0 saturated heterocycles. The predicted octanol–water partition coefficient (Wildman–Crippen LogP) is -1.77. The number of hydrogen-bond acceptors (Lipinski definition) is 5. The Bertz CT molecular complexity index is 456. The van der Waals surface area contributed by atoms with Crippen LogP contribution in [0.15, 0.2) is 6.20 Å². The molecule has 1 heterocycles. The first kappa shape index (κ1) is 13.6. The van der Waals surface area contributed by atoms with E-state index in [-0.39, 0.29) is 30.6 Å². The van der Waals surface area contributed by atoms with E-state index in [1.165, 1.54) is 17.8 Å². The van der Waals surface area contributed by atoms with Gasteiger partial charge in [-0.25, -0.2) is 9.48 Å². The Morgan fingerprint density at radius 3 is 2.67 bits per heavy atom. The summed E-state index contributed by atoms with van der Waals surface area (Å²) in [5, 5.41) is 20.5. The molecule has 1 rings (SSSR count). The number of aromatic carboxylic acids is 1. The molecule has 0 aliphatic heterocycles. The lowest BCUT2D eigenvalue weighted by Crippen LogP contribution is -2.37. The van der Waals surface area contributed by atoms with Crippen LogP contribution in [0, 0.1) is 0 Å². The fourth-order valence-corrected chi connectivity index (χ4v) is 1.08. The summed E-state index contributed by atoms with van der Waals surface area (Å²) >= 11 is 0. The molecule has 2 amide bonds. The highest BCUT2D eigenvalue weighted by Gasteiger charge is 2.08. The molecule has 0 saturated carbocycles. The van der Waals surface area contributed by atoms with Crippen molar-refractivity contribution in [3.8, 4) is 0 Å². The minimum absolute atomic E-state index is 0.0902. The topological polar surface area (TPSA) is 126 Å². The van der Waals surface area contributed by atoms with Crippen molar-refractivity contribution in [1.29, 1.82) is 0 Å². The third-order valence-corrected chi connectivity index (χ3v) is 1.92. The molecule has 0 bridgehead atoms. The van der Waals surface area contributed by atoms with Gasteiger partial charge in [0.2, 0.25) is 11.8 Å². The van der Waals surface area contributed by atoms with E-state index in [0.717, 1.165) is 0 Å². The number of carboxylic acid groups (broad SMARTS) is 1. The first-order chi connectivity index (χ1) is 8.49. The lowest BCUT2D eigenvalue weighted by molar-refractivity contribution is -0.125. The molecule has 0 aliphatic carbocycles. The summed E-state index contributed by atoms with van der Waals surface area (Å²) in [5.74, 6) is -1.77. The smallest absolute Gasteiger partial charge is 0.358 e. The van der Waals surface area contributed by atoms with Gasteiger partial charge in [0.25, 0.3) is 0 Å². The molecule has 3 N–H and O–H groups in total. The number of aromatic nitrogens is 3. The van der Waals surface area contributed by atoms with Crippen LogP contribution in [0.3, 0.4) is 0 Å². The summed E-state index contributed by atoms with van der Waals surface area (Å²) in [5.41, 5.74) is -0.153. The van der Waals surface area contributed by atoms with Gasteiger partial charge in [0, 0.05) is 13.5 Å². The third-order valence-electron chi connectivity index (χ3n) is 1.92. The summed E-state index contributed by atoms with van der Waals surface area (Å²) in [6.45, 7) is 1.79. The van der Waals surface area contributed by atoms with Gasteiger partial charge in [-0.1, -0.05) is 5.21 Å². The van der Waals surface area contributed by atoms with Gasteiger partial charge < -0.3 is 15.7 Å². The number of carbonyl (C=O) groups excluding carboxylic acids is 2. The van der Waals surface area contributed by atoms with Crippen LogP contribution in [0.25, 0.3) is 0 Å². The van der Waals surface area contributed by atoms with Crippen molar-refractivity contribution in [2.45, 2.75) is 13.5 Å². The van der Waals surface area contributed by atoms with Gasteiger partial charge in [0.05, 0.1) is 19.3 Å². The van der Waals surface area contributed by atoms with Gasteiger partial charge in [0.1, 0.15) is 0 Å². The van der Waals surface area contributed by atoms with Crippen molar-refractivity contribution in [2.24, 2.45) is 0 Å². The molecule has 9 heteroatoms. The fourth-order valence-electron chi connectivity index (χ4n) is 1.08. The lowest BCUT2D eigenvalue weighted by atomic mass is 10.5. The molecular formula is C9H13N5O4. The highest BCUT2D eigenvalue weighted by molar-refractivity contribution is 5.84. The maximum atomic E-state index is 11.2. The Morgan fingerprint density at radius 1 is 1.39 bits per heavy atom. The van der Waals surface area contributed by atoms with Gasteiger partial charge in [-0.3, -0.25) is 9.59 Å². The lowest BCUT2D eigenvalue weighted by Gasteiger charge is -2.05. The SMILES string of the molecule is CC(=O)NCC(=O)NCCn1cc(C(=O)O)nn1. The van der Waals surface area contributed by atoms with Crippen molar-refractivity contribution in [3.05, 3.63) is 11.9 Å². The molecule has 9 nitrogen and oxygen atoms in total. The van der Waals surface area contributed by atoms with E-state index in [9.17, 15) is 14.4 Å². The number of amides is 2. The summed E-state index contributed by atoms with van der Waals surface area (Å²) in [4.78, 5) is 32.2. The van der Waals surface area contributed by atoms with Crippen molar-refractivity contribution >= 4 is 17.8 Å². The van der Waals surface area contributed by atoms with Crippen LogP contribution in [0.1, 0.15) is 17.4 Å². The quantitative estimate of drug-likeness (QED) is 0.552. The zero-order chi connectivity index (χ0) is 13.5. The van der Waals surface area contributed by atoms with E-state index in [1.54, 1.807) is 0 Å². The summed E-state index contributed by atoms with van der Waals surface area (Å²) < 4.78 is 1.31. The average molecular weight is 255 g/mol. The minimum atomic E-state index is -1.16. The van der Waals surface area contributed by atoms with Crippen LogP contribution in [0.5, 0.6) is 0 Å². The van der Waals surface area contributed by atoms with E-state index in [2.05, 4.69) is 20.9 Å². The molecule has 0 radical (unpaired) electrons. The third kappa shape index (κ3) is 4.60. The standard InChI is InChI=1S/C9H13N5O4/c1-6(15)11-4-8(16)10-2-3-14-5-7(9(17)18)12-13-14/h5H,2-4H2,1H3,(H,10,16)(H,11,15)(H,17,18). The number of carbonyl (C=O) groups is 3. The molecule has 1 aromatic heterocycles. The van der Waals surface area contributed by atoms with E-state index in [4.69, 9.17) is 5.11 Å². The van der Waals surface area contributed by atoms with E-state index in [1.807, 2.05) is 0 Å². The predicted molar refractivity (Wildman–Crippen MR) is 58.7 cm³/mol. The zero-order valence-electron chi connectivity index (χ0n) is 9.71. The molecule has 18 heavy (non-hydrogen) atoms. The zero-order valence-corrected chi connectivity index (χ0v) is 9.71. The normalized spacial score (nSPS) is 9.83. The number of hydrogen-bond donors (Lipinski definition) is 3. The van der Waals surface area contributed by atoms with Crippen LogP contribution in [-0.2, 0) is 16.1 Å². The van der Waals surface area contributed by atoms with Crippen LogP contribution < -0.4 is 10.6 Å². The van der Waals surface area contributed by atoms with Crippen LogP contribution in [0.4, 0.5) is 0 Å². The summed E-state index contributed by atoms with van der Waals surface area (Å²) in [6.07, 6.45) is 1.27. The minimum Gasteiger partial charge on any atom is -0.476 e. The molecule has 0 aliphatic rings. The summed E-state index contributed by atoms with van der Waals surface area (Å²) in [7, 11) is 0. The molecule has 0 fully saturated rings. The van der Waals surface area contributed by atoms with Gasteiger partial charge in [-0.05, 0) is 0 Å². The number of carboxylic acids is 1. The maximum absolute atomic E-state index is 11.2. The monoisotopic (exact) mass is 255 g/mol. The first-order valence-electron chi connectivity index (χ1n) is 5.13. The van der Waals surface area contributed by atoms with Crippen molar-refractivity contribution in [1.82, 2.24) is 25.6 Å². The Balaban J connectivity index is 2.26. The molecule has 0 spiro atoms. The Hall–Kier alpha value is -2.45. The highest BCUT2D eigenvalue weighted by Crippen LogP contribution is 1.91. The van der Waals surface area contributed by atoms with Gasteiger partial charge >= 0.3 is 5.97 Å².